The highest BCUT2D eigenvalue weighted by Gasteiger charge is 2.14. The number of aliphatic hydroxyl groups is 1. The first-order valence-corrected chi connectivity index (χ1v) is 8.65. The lowest BCUT2D eigenvalue weighted by Gasteiger charge is -2.20. The summed E-state index contributed by atoms with van der Waals surface area (Å²) in [5, 5.41) is 16.9. The Morgan fingerprint density at radius 3 is 2.84 bits per heavy atom. The number of aliphatic hydroxyl groups excluding tert-OH is 1. The van der Waals surface area contributed by atoms with Gasteiger partial charge in [-0.25, -0.2) is 4.98 Å². The van der Waals surface area contributed by atoms with Crippen molar-refractivity contribution in [1.29, 1.82) is 0 Å². The van der Waals surface area contributed by atoms with Gasteiger partial charge < -0.3 is 20.9 Å². The molecule has 0 saturated heterocycles. The number of hydrogen-bond donors (Lipinski definition) is 3. The lowest BCUT2D eigenvalue weighted by atomic mass is 10.1. The molecule has 0 spiro atoms. The molecular weight excluding hydrogens is 320 g/mol. The van der Waals surface area contributed by atoms with Crippen molar-refractivity contribution in [1.82, 2.24) is 19.7 Å². The number of unbranched alkanes of at least 4 members (excludes halogenated alkanes) is 1. The van der Waals surface area contributed by atoms with Gasteiger partial charge in [0.15, 0.2) is 11.6 Å². The van der Waals surface area contributed by atoms with Gasteiger partial charge in [0.05, 0.1) is 17.6 Å². The molecule has 2 aromatic rings. The molecule has 25 heavy (non-hydrogen) atoms. The van der Waals surface area contributed by atoms with Crippen LogP contribution in [0.5, 0.6) is 5.75 Å². The fourth-order valence-electron chi connectivity index (χ4n) is 2.63. The van der Waals surface area contributed by atoms with E-state index >= 15 is 0 Å². The van der Waals surface area contributed by atoms with Gasteiger partial charge in [-0.1, -0.05) is 19.8 Å². The van der Waals surface area contributed by atoms with Gasteiger partial charge in [0, 0.05) is 19.7 Å². The molecule has 0 amide bonds. The minimum atomic E-state index is 0.112. The fraction of sp³-hybridized carbons (Fsp3) is 0.588. The van der Waals surface area contributed by atoms with Crippen LogP contribution in [0.15, 0.2) is 12.3 Å². The molecule has 2 rings (SSSR count). The van der Waals surface area contributed by atoms with E-state index < -0.39 is 0 Å². The van der Waals surface area contributed by atoms with Crippen molar-refractivity contribution in [2.75, 3.05) is 17.7 Å². The highest BCUT2D eigenvalue weighted by atomic mass is 16.5. The van der Waals surface area contributed by atoms with E-state index in [-0.39, 0.29) is 18.6 Å². The number of nitrogens with zero attached hydrogens (tertiary/aromatic N) is 4. The number of rotatable bonds is 10. The van der Waals surface area contributed by atoms with Crippen LogP contribution in [-0.2, 0) is 13.7 Å². The van der Waals surface area contributed by atoms with Crippen molar-refractivity contribution in [3.8, 4) is 5.75 Å². The Kier molecular flexibility index (Phi) is 7.00. The molecule has 1 atom stereocenters. The number of nitrogens with two attached hydrogens (primary N) is 1. The zero-order chi connectivity index (χ0) is 18.2. The average Bonchev–Trinajstić information content (AvgIpc) is 2.89. The standard InChI is InChI=1S/C17H28N6O2/c1-4-5-6-13(7-8-24)20-16-15(10-19-17(18)21-16)25-11-14-9-12(2)22-23(14)3/h9-10,13,24H,4-8,11H2,1-3H3,(H3,18,19,20,21)/t13-/m0/s1. The molecule has 0 aliphatic heterocycles. The molecule has 8 heteroatoms. The van der Waals surface area contributed by atoms with Crippen molar-refractivity contribution in [2.24, 2.45) is 7.05 Å². The topological polar surface area (TPSA) is 111 Å². The molecule has 2 aromatic heterocycles. The maximum absolute atomic E-state index is 9.28. The van der Waals surface area contributed by atoms with Crippen LogP contribution in [0, 0.1) is 6.92 Å². The van der Waals surface area contributed by atoms with Gasteiger partial charge in [-0.05, 0) is 25.8 Å². The van der Waals surface area contributed by atoms with Crippen LogP contribution >= 0.6 is 0 Å². The van der Waals surface area contributed by atoms with E-state index in [1.54, 1.807) is 10.9 Å². The summed E-state index contributed by atoms with van der Waals surface area (Å²) in [6, 6.07) is 2.08. The summed E-state index contributed by atoms with van der Waals surface area (Å²) in [5.74, 6) is 1.28. The predicted octanol–water partition coefficient (Wildman–Crippen LogP) is 2.03. The molecule has 8 nitrogen and oxygen atoms in total. The normalized spacial score (nSPS) is 12.2. The van der Waals surface area contributed by atoms with Gasteiger partial charge in [0.25, 0.3) is 0 Å². The summed E-state index contributed by atoms with van der Waals surface area (Å²) in [7, 11) is 1.88. The Morgan fingerprint density at radius 1 is 1.40 bits per heavy atom. The summed E-state index contributed by atoms with van der Waals surface area (Å²) in [6.07, 6.45) is 5.33. The number of aromatic nitrogens is 4. The first-order valence-electron chi connectivity index (χ1n) is 8.65. The highest BCUT2D eigenvalue weighted by molar-refractivity contribution is 5.51. The SMILES string of the molecule is CCCC[C@@H](CCO)Nc1nc(N)ncc1OCc1cc(C)nn1C. The zero-order valence-electron chi connectivity index (χ0n) is 15.2. The average molecular weight is 348 g/mol. The van der Waals surface area contributed by atoms with Gasteiger partial charge in [-0.2, -0.15) is 10.1 Å². The summed E-state index contributed by atoms with van der Waals surface area (Å²) in [6.45, 7) is 4.56. The maximum Gasteiger partial charge on any atom is 0.222 e. The van der Waals surface area contributed by atoms with Crippen LogP contribution < -0.4 is 15.8 Å². The van der Waals surface area contributed by atoms with Crippen LogP contribution in [0.4, 0.5) is 11.8 Å². The smallest absolute Gasteiger partial charge is 0.222 e. The summed E-state index contributed by atoms with van der Waals surface area (Å²) in [4.78, 5) is 8.29. The lowest BCUT2D eigenvalue weighted by Crippen LogP contribution is -2.22. The Morgan fingerprint density at radius 2 is 2.20 bits per heavy atom. The maximum atomic E-state index is 9.28. The Labute approximate surface area is 148 Å². The fourth-order valence-corrected chi connectivity index (χ4v) is 2.63. The molecule has 0 saturated carbocycles. The Bertz CT molecular complexity index is 673. The van der Waals surface area contributed by atoms with E-state index in [0.717, 1.165) is 30.7 Å². The van der Waals surface area contributed by atoms with Crippen LogP contribution in [0.1, 0.15) is 44.0 Å². The van der Waals surface area contributed by atoms with Crippen LogP contribution in [-0.4, -0.2) is 37.5 Å². The van der Waals surface area contributed by atoms with Crippen LogP contribution in [0.25, 0.3) is 0 Å². The number of nitrogen functional groups attached to an aromatic ring is 1. The van der Waals surface area contributed by atoms with Gasteiger partial charge in [-0.15, -0.1) is 0 Å². The molecule has 0 unspecified atom stereocenters. The number of ether oxygens (including phenoxy) is 1. The van der Waals surface area contributed by atoms with E-state index in [2.05, 4.69) is 27.3 Å². The summed E-state index contributed by atoms with van der Waals surface area (Å²) < 4.78 is 7.68. The lowest BCUT2D eigenvalue weighted by molar-refractivity contribution is 0.274. The minimum Gasteiger partial charge on any atom is -0.482 e. The first kappa shape index (κ1) is 19.0. The first-order chi connectivity index (χ1) is 12.0. The van der Waals surface area contributed by atoms with E-state index in [4.69, 9.17) is 10.5 Å². The highest BCUT2D eigenvalue weighted by Crippen LogP contribution is 2.25. The monoisotopic (exact) mass is 348 g/mol. The van der Waals surface area contributed by atoms with E-state index in [0.29, 0.717) is 24.6 Å². The molecule has 0 aromatic carbocycles. The van der Waals surface area contributed by atoms with Crippen molar-refractivity contribution >= 4 is 11.8 Å². The molecule has 0 bridgehead atoms. The van der Waals surface area contributed by atoms with Crippen molar-refractivity contribution < 1.29 is 9.84 Å². The minimum absolute atomic E-state index is 0.112. The molecule has 0 radical (unpaired) electrons. The summed E-state index contributed by atoms with van der Waals surface area (Å²) in [5.41, 5.74) is 7.63. The van der Waals surface area contributed by atoms with Crippen LogP contribution in [0.2, 0.25) is 0 Å². The Hall–Kier alpha value is -2.35. The molecule has 138 valence electrons. The van der Waals surface area contributed by atoms with Gasteiger partial charge in [-0.3, -0.25) is 4.68 Å². The van der Waals surface area contributed by atoms with E-state index in [1.165, 1.54) is 0 Å². The van der Waals surface area contributed by atoms with Crippen molar-refractivity contribution in [3.63, 3.8) is 0 Å². The number of nitrogens with one attached hydrogen (secondary N) is 1. The molecule has 0 aliphatic rings. The third kappa shape index (κ3) is 5.60. The predicted molar refractivity (Wildman–Crippen MR) is 97.4 cm³/mol. The van der Waals surface area contributed by atoms with Gasteiger partial charge in [0.2, 0.25) is 5.95 Å². The second-order valence-electron chi connectivity index (χ2n) is 6.13. The van der Waals surface area contributed by atoms with Gasteiger partial charge in [0.1, 0.15) is 6.61 Å². The van der Waals surface area contributed by atoms with E-state index in [1.807, 2.05) is 20.0 Å². The third-order valence-corrected chi connectivity index (χ3v) is 3.97. The second kappa shape index (κ2) is 9.22. The number of aryl methyl sites for hydroxylation is 2. The van der Waals surface area contributed by atoms with E-state index in [9.17, 15) is 5.11 Å². The van der Waals surface area contributed by atoms with Gasteiger partial charge >= 0.3 is 0 Å². The zero-order valence-corrected chi connectivity index (χ0v) is 15.2. The molecular formula is C17H28N6O2. The molecule has 2 heterocycles. The second-order valence-corrected chi connectivity index (χ2v) is 6.13. The number of hydrogen-bond acceptors (Lipinski definition) is 7. The Balaban J connectivity index is 2.11. The van der Waals surface area contributed by atoms with Crippen molar-refractivity contribution in [3.05, 3.63) is 23.7 Å². The molecule has 0 aliphatic carbocycles. The van der Waals surface area contributed by atoms with Crippen LogP contribution in [0.3, 0.4) is 0 Å². The molecule has 0 fully saturated rings. The molecule has 4 N–H and O–H groups in total. The summed E-state index contributed by atoms with van der Waals surface area (Å²) >= 11 is 0. The largest absolute Gasteiger partial charge is 0.482 e. The third-order valence-electron chi connectivity index (χ3n) is 3.97. The quantitative estimate of drug-likeness (QED) is 0.602. The van der Waals surface area contributed by atoms with Crippen molar-refractivity contribution in [2.45, 2.75) is 52.2 Å². The number of anilines is 2.